The second-order valence-electron chi connectivity index (χ2n) is 4.65. The van der Waals surface area contributed by atoms with E-state index in [2.05, 4.69) is 13.2 Å². The third kappa shape index (κ3) is 4.12. The van der Waals surface area contributed by atoms with E-state index in [4.69, 9.17) is 9.47 Å². The number of fused-ring (bicyclic) bond motifs is 1. The van der Waals surface area contributed by atoms with Gasteiger partial charge in [-0.1, -0.05) is 36.4 Å². The molecule has 1 aromatic carbocycles. The highest BCUT2D eigenvalue weighted by Gasteiger charge is 2.12. The maximum Gasteiger partial charge on any atom is 0.247 e. The number of hydrogen-bond donors (Lipinski definition) is 0. The highest BCUT2D eigenvalue weighted by molar-refractivity contribution is 5.88. The molecule has 0 saturated heterocycles. The maximum atomic E-state index is 12.0. The molecular formula is C18H19NO3. The summed E-state index contributed by atoms with van der Waals surface area (Å²) >= 11 is 0. The molecule has 0 atom stereocenters. The zero-order chi connectivity index (χ0) is 15.8. The lowest BCUT2D eigenvalue weighted by Gasteiger charge is -2.16. The first-order chi connectivity index (χ1) is 10.7. The zero-order valence-electron chi connectivity index (χ0n) is 12.4. The number of benzene rings is 1. The average Bonchev–Trinajstić information content (AvgIpc) is 2.98. The molecule has 22 heavy (non-hydrogen) atoms. The Morgan fingerprint density at radius 1 is 1.14 bits per heavy atom. The van der Waals surface area contributed by atoms with E-state index in [1.54, 1.807) is 23.1 Å². The Morgan fingerprint density at radius 3 is 2.59 bits per heavy atom. The van der Waals surface area contributed by atoms with Gasteiger partial charge in [-0.15, -0.1) is 13.2 Å². The van der Waals surface area contributed by atoms with Crippen molar-refractivity contribution < 1.29 is 14.3 Å². The smallest absolute Gasteiger partial charge is 0.247 e. The van der Waals surface area contributed by atoms with Crippen molar-refractivity contribution in [3.63, 3.8) is 0 Å². The summed E-state index contributed by atoms with van der Waals surface area (Å²) in [6.45, 7) is 8.55. The van der Waals surface area contributed by atoms with Crippen molar-refractivity contribution in [3.05, 3.63) is 67.3 Å². The summed E-state index contributed by atoms with van der Waals surface area (Å²) < 4.78 is 10.6. The molecule has 1 aliphatic rings. The minimum Gasteiger partial charge on any atom is -0.454 e. The largest absolute Gasteiger partial charge is 0.454 e. The highest BCUT2D eigenvalue weighted by Crippen LogP contribution is 2.32. The Balaban J connectivity index is 1.94. The Bertz CT molecular complexity index is 607. The molecule has 0 bridgehead atoms. The van der Waals surface area contributed by atoms with Crippen LogP contribution in [0.25, 0.3) is 6.08 Å². The van der Waals surface area contributed by atoms with Gasteiger partial charge in [0.25, 0.3) is 0 Å². The fourth-order valence-electron chi connectivity index (χ4n) is 1.99. The van der Waals surface area contributed by atoms with Crippen molar-refractivity contribution >= 4 is 12.0 Å². The predicted octanol–water partition coefficient (Wildman–Crippen LogP) is 3.19. The van der Waals surface area contributed by atoms with Gasteiger partial charge < -0.3 is 14.4 Å². The van der Waals surface area contributed by atoms with Crippen molar-refractivity contribution in [2.24, 2.45) is 0 Å². The van der Waals surface area contributed by atoms with Gasteiger partial charge >= 0.3 is 0 Å². The number of carbonyl (C=O) groups is 1. The van der Waals surface area contributed by atoms with Crippen molar-refractivity contribution in [2.75, 3.05) is 19.9 Å². The van der Waals surface area contributed by atoms with Crippen LogP contribution in [0.2, 0.25) is 0 Å². The number of allylic oxidation sites excluding steroid dienone is 2. The molecule has 4 heteroatoms. The van der Waals surface area contributed by atoms with E-state index in [1.165, 1.54) is 6.08 Å². The number of hydrogen-bond acceptors (Lipinski definition) is 3. The predicted molar refractivity (Wildman–Crippen MR) is 87.7 cm³/mol. The molecule has 4 nitrogen and oxygen atoms in total. The first-order valence-corrected chi connectivity index (χ1v) is 6.99. The Morgan fingerprint density at radius 2 is 1.86 bits per heavy atom. The summed E-state index contributed by atoms with van der Waals surface area (Å²) in [4.78, 5) is 13.6. The third-order valence-electron chi connectivity index (χ3n) is 3.05. The van der Waals surface area contributed by atoms with Gasteiger partial charge in [0, 0.05) is 19.2 Å². The summed E-state index contributed by atoms with van der Waals surface area (Å²) in [6.07, 6.45) is 10.3. The summed E-state index contributed by atoms with van der Waals surface area (Å²) in [5.74, 6) is 1.42. The third-order valence-corrected chi connectivity index (χ3v) is 3.05. The van der Waals surface area contributed by atoms with Gasteiger partial charge in [0.05, 0.1) is 0 Å². The Labute approximate surface area is 130 Å². The lowest BCUT2D eigenvalue weighted by Crippen LogP contribution is -2.29. The molecule has 0 spiro atoms. The van der Waals surface area contributed by atoms with Crippen molar-refractivity contribution in [2.45, 2.75) is 0 Å². The molecule has 0 fully saturated rings. The van der Waals surface area contributed by atoms with E-state index in [9.17, 15) is 4.79 Å². The molecule has 0 aliphatic carbocycles. The van der Waals surface area contributed by atoms with Gasteiger partial charge in [-0.2, -0.15) is 0 Å². The molecule has 0 radical (unpaired) electrons. The number of rotatable bonds is 7. The first-order valence-electron chi connectivity index (χ1n) is 6.99. The summed E-state index contributed by atoms with van der Waals surface area (Å²) in [7, 11) is 0. The van der Waals surface area contributed by atoms with E-state index < -0.39 is 0 Å². The van der Waals surface area contributed by atoms with Crippen LogP contribution in [0.1, 0.15) is 5.56 Å². The SMILES string of the molecule is C=CCN(CC=C)C(=O)/C=C/C=C\c1ccc2c(c1)OCO2. The van der Waals surface area contributed by atoms with Crippen LogP contribution in [0.15, 0.2) is 61.7 Å². The van der Waals surface area contributed by atoms with Crippen LogP contribution < -0.4 is 9.47 Å². The number of carbonyl (C=O) groups excluding carboxylic acids is 1. The quantitative estimate of drug-likeness (QED) is 0.441. The lowest BCUT2D eigenvalue weighted by atomic mass is 10.2. The molecule has 2 rings (SSSR count). The topological polar surface area (TPSA) is 38.8 Å². The molecule has 1 heterocycles. The van der Waals surface area contributed by atoms with Gasteiger partial charge in [-0.3, -0.25) is 4.79 Å². The standard InChI is InChI=1S/C18H19NO3/c1-3-11-19(12-4-2)18(20)8-6-5-7-15-9-10-16-17(13-15)22-14-21-16/h3-10,13H,1-2,11-12,14H2/b7-5-,8-6+. The fourth-order valence-corrected chi connectivity index (χ4v) is 1.99. The van der Waals surface area contributed by atoms with Crippen LogP contribution in [0.3, 0.4) is 0 Å². The van der Waals surface area contributed by atoms with Crippen molar-refractivity contribution in [3.8, 4) is 11.5 Å². The number of ether oxygens (including phenoxy) is 2. The first kappa shape index (κ1) is 15.6. The monoisotopic (exact) mass is 297 g/mol. The molecule has 0 N–H and O–H groups in total. The van der Waals surface area contributed by atoms with Gasteiger partial charge in [0.15, 0.2) is 11.5 Å². The lowest BCUT2D eigenvalue weighted by molar-refractivity contribution is -0.125. The van der Waals surface area contributed by atoms with Gasteiger partial charge in [0.1, 0.15) is 0 Å². The van der Waals surface area contributed by atoms with Crippen LogP contribution in [-0.4, -0.2) is 30.7 Å². The molecule has 0 unspecified atom stereocenters. The number of nitrogens with zero attached hydrogens (tertiary/aromatic N) is 1. The summed E-state index contributed by atoms with van der Waals surface area (Å²) in [6, 6.07) is 5.70. The van der Waals surface area contributed by atoms with Gasteiger partial charge in [-0.25, -0.2) is 0 Å². The van der Waals surface area contributed by atoms with Crippen LogP contribution in [-0.2, 0) is 4.79 Å². The second kappa shape index (κ2) is 7.88. The zero-order valence-corrected chi connectivity index (χ0v) is 12.4. The van der Waals surface area contributed by atoms with Crippen LogP contribution in [0.5, 0.6) is 11.5 Å². The summed E-state index contributed by atoms with van der Waals surface area (Å²) in [5.41, 5.74) is 0.982. The minimum atomic E-state index is -0.0739. The van der Waals surface area contributed by atoms with Crippen LogP contribution in [0, 0.1) is 0 Å². The van der Waals surface area contributed by atoms with E-state index in [0.29, 0.717) is 13.1 Å². The van der Waals surface area contributed by atoms with E-state index >= 15 is 0 Å². The van der Waals surface area contributed by atoms with E-state index in [1.807, 2.05) is 30.4 Å². The second-order valence-corrected chi connectivity index (χ2v) is 4.65. The number of amides is 1. The molecule has 0 saturated carbocycles. The molecule has 1 aromatic rings. The van der Waals surface area contributed by atoms with Crippen LogP contribution in [0.4, 0.5) is 0 Å². The molecule has 0 aromatic heterocycles. The molecule has 1 aliphatic heterocycles. The highest BCUT2D eigenvalue weighted by atomic mass is 16.7. The molecule has 1 amide bonds. The average molecular weight is 297 g/mol. The van der Waals surface area contributed by atoms with Gasteiger partial charge in [0.2, 0.25) is 12.7 Å². The Kier molecular flexibility index (Phi) is 5.60. The van der Waals surface area contributed by atoms with Gasteiger partial charge in [-0.05, 0) is 17.7 Å². The van der Waals surface area contributed by atoms with E-state index in [0.717, 1.165) is 17.1 Å². The van der Waals surface area contributed by atoms with E-state index in [-0.39, 0.29) is 12.7 Å². The summed E-state index contributed by atoms with van der Waals surface area (Å²) in [5, 5.41) is 0. The van der Waals surface area contributed by atoms with Crippen molar-refractivity contribution in [1.29, 1.82) is 0 Å². The minimum absolute atomic E-state index is 0.0739. The van der Waals surface area contributed by atoms with Crippen molar-refractivity contribution in [1.82, 2.24) is 4.90 Å². The fraction of sp³-hybridized carbons (Fsp3) is 0.167. The molecular weight excluding hydrogens is 278 g/mol. The van der Waals surface area contributed by atoms with Crippen LogP contribution >= 0.6 is 0 Å². The maximum absolute atomic E-state index is 12.0. The normalized spacial score (nSPS) is 12.7. The Hall–Kier alpha value is -2.75. The molecule has 114 valence electrons.